The molecule has 27 heavy (non-hydrogen) atoms. The van der Waals surface area contributed by atoms with Gasteiger partial charge in [-0.2, -0.15) is 0 Å². The fourth-order valence-corrected chi connectivity index (χ4v) is 4.24. The third-order valence-corrected chi connectivity index (χ3v) is 5.52. The third kappa shape index (κ3) is 3.25. The van der Waals surface area contributed by atoms with Crippen molar-refractivity contribution in [2.45, 2.75) is 38.6 Å². The van der Waals surface area contributed by atoms with Crippen LogP contribution in [0.5, 0.6) is 0 Å². The van der Waals surface area contributed by atoms with Gasteiger partial charge in [-0.25, -0.2) is 0 Å². The Hall–Kier alpha value is -2.60. The minimum absolute atomic E-state index is 0.0130. The molecule has 2 aliphatic heterocycles. The molecule has 4 rings (SSSR count). The van der Waals surface area contributed by atoms with E-state index >= 15 is 0 Å². The summed E-state index contributed by atoms with van der Waals surface area (Å²) in [5, 5.41) is 3.44. The summed E-state index contributed by atoms with van der Waals surface area (Å²) in [4.78, 5) is 28.8. The summed E-state index contributed by atoms with van der Waals surface area (Å²) >= 11 is 0. The normalized spacial score (nSPS) is 22.4. The maximum absolute atomic E-state index is 13.0. The number of carbonyl (C=O) groups is 2. The van der Waals surface area contributed by atoms with E-state index in [1.807, 2.05) is 13.0 Å². The molecule has 2 atom stereocenters. The summed E-state index contributed by atoms with van der Waals surface area (Å²) in [6.07, 6.45) is 3.78. The zero-order valence-corrected chi connectivity index (χ0v) is 15.8. The first-order valence-electron chi connectivity index (χ1n) is 9.56. The summed E-state index contributed by atoms with van der Waals surface area (Å²) in [6, 6.07) is 9.46. The number of piperidine rings is 1. The molecule has 2 aliphatic rings. The monoisotopic (exact) mass is 367 g/mol. The van der Waals surface area contributed by atoms with E-state index in [9.17, 15) is 9.59 Å². The SMILES string of the molecule is CC(=O)N1c2ccc(C3CCCNC3)cc2N(C(=O)c2ccco2)CC1C. The van der Waals surface area contributed by atoms with Crippen LogP contribution in [0.3, 0.4) is 0 Å². The number of hydrogen-bond donors (Lipinski definition) is 1. The molecular weight excluding hydrogens is 342 g/mol. The maximum atomic E-state index is 13.0. The van der Waals surface area contributed by atoms with Crippen molar-refractivity contribution >= 4 is 23.2 Å². The molecular formula is C21H25N3O3. The Kier molecular flexibility index (Phi) is 4.74. The van der Waals surface area contributed by atoms with Gasteiger partial charge in [0.2, 0.25) is 5.91 Å². The zero-order chi connectivity index (χ0) is 19.0. The minimum atomic E-state index is -0.171. The average molecular weight is 367 g/mol. The Morgan fingerprint density at radius 2 is 2.07 bits per heavy atom. The van der Waals surface area contributed by atoms with Gasteiger partial charge >= 0.3 is 0 Å². The van der Waals surface area contributed by atoms with Gasteiger partial charge in [0, 0.05) is 20.0 Å². The molecule has 2 amide bonds. The number of rotatable bonds is 2. The molecule has 0 radical (unpaired) electrons. The lowest BCUT2D eigenvalue weighted by Crippen LogP contribution is -2.51. The molecule has 1 aromatic carbocycles. The van der Waals surface area contributed by atoms with E-state index in [-0.39, 0.29) is 17.9 Å². The van der Waals surface area contributed by atoms with Gasteiger partial charge in [0.15, 0.2) is 5.76 Å². The largest absolute Gasteiger partial charge is 0.459 e. The number of amides is 2. The summed E-state index contributed by atoms with van der Waals surface area (Å²) < 4.78 is 5.34. The van der Waals surface area contributed by atoms with Gasteiger partial charge in [0.1, 0.15) is 0 Å². The smallest absolute Gasteiger partial charge is 0.294 e. The van der Waals surface area contributed by atoms with Crippen molar-refractivity contribution < 1.29 is 14.0 Å². The second kappa shape index (κ2) is 7.19. The van der Waals surface area contributed by atoms with Crippen LogP contribution in [0.15, 0.2) is 41.0 Å². The van der Waals surface area contributed by atoms with E-state index in [1.165, 1.54) is 11.8 Å². The van der Waals surface area contributed by atoms with Gasteiger partial charge < -0.3 is 19.5 Å². The van der Waals surface area contributed by atoms with Gasteiger partial charge in [-0.3, -0.25) is 9.59 Å². The predicted octanol–water partition coefficient (Wildman–Crippen LogP) is 3.15. The van der Waals surface area contributed by atoms with Gasteiger partial charge in [-0.15, -0.1) is 0 Å². The molecule has 2 unspecified atom stereocenters. The van der Waals surface area contributed by atoms with Gasteiger partial charge in [-0.1, -0.05) is 6.07 Å². The van der Waals surface area contributed by atoms with Crippen molar-refractivity contribution in [2.24, 2.45) is 0 Å². The number of furan rings is 1. The molecule has 0 aliphatic carbocycles. The number of hydrogen-bond acceptors (Lipinski definition) is 4. The highest BCUT2D eigenvalue weighted by molar-refractivity contribution is 6.09. The standard InChI is InChI=1S/C21H25N3O3/c1-14-13-23(21(26)20-6-4-10-27-20)19-11-16(17-5-3-9-22-12-17)7-8-18(19)24(14)15(2)25/h4,6-8,10-11,14,17,22H,3,5,9,12-13H2,1-2H3. The second-order valence-electron chi connectivity index (χ2n) is 7.42. The molecule has 0 saturated carbocycles. The fraction of sp³-hybridized carbons (Fsp3) is 0.429. The maximum Gasteiger partial charge on any atom is 0.294 e. The first-order valence-corrected chi connectivity index (χ1v) is 9.56. The Morgan fingerprint density at radius 1 is 1.22 bits per heavy atom. The highest BCUT2D eigenvalue weighted by Gasteiger charge is 2.35. The number of carbonyl (C=O) groups excluding carboxylic acids is 2. The number of anilines is 2. The van der Waals surface area contributed by atoms with Crippen molar-refractivity contribution in [1.29, 1.82) is 0 Å². The molecule has 142 valence electrons. The predicted molar refractivity (Wildman–Crippen MR) is 104 cm³/mol. The van der Waals surface area contributed by atoms with Crippen LogP contribution in [0.25, 0.3) is 0 Å². The van der Waals surface area contributed by atoms with Crippen molar-refractivity contribution in [3.63, 3.8) is 0 Å². The highest BCUT2D eigenvalue weighted by atomic mass is 16.3. The van der Waals surface area contributed by atoms with Crippen molar-refractivity contribution in [3.05, 3.63) is 47.9 Å². The van der Waals surface area contributed by atoms with Crippen LogP contribution in [0.4, 0.5) is 11.4 Å². The van der Waals surface area contributed by atoms with Crippen LogP contribution in [0.1, 0.15) is 48.7 Å². The van der Waals surface area contributed by atoms with E-state index in [2.05, 4.69) is 17.4 Å². The number of nitrogens with one attached hydrogen (secondary N) is 1. The molecule has 1 saturated heterocycles. The Bertz CT molecular complexity index is 840. The highest BCUT2D eigenvalue weighted by Crippen LogP contribution is 2.39. The molecule has 2 aromatic rings. The van der Waals surface area contributed by atoms with Crippen molar-refractivity contribution in [3.8, 4) is 0 Å². The van der Waals surface area contributed by atoms with Gasteiger partial charge in [-0.05, 0) is 62.1 Å². The van der Waals surface area contributed by atoms with Crippen molar-refractivity contribution in [2.75, 3.05) is 29.4 Å². The Morgan fingerprint density at radius 3 is 2.74 bits per heavy atom. The quantitative estimate of drug-likeness (QED) is 0.886. The van der Waals surface area contributed by atoms with Crippen LogP contribution in [-0.4, -0.2) is 37.5 Å². The molecule has 0 spiro atoms. The lowest BCUT2D eigenvalue weighted by Gasteiger charge is -2.41. The molecule has 6 nitrogen and oxygen atoms in total. The second-order valence-corrected chi connectivity index (χ2v) is 7.42. The summed E-state index contributed by atoms with van der Waals surface area (Å²) in [7, 11) is 0. The van der Waals surface area contributed by atoms with E-state index in [4.69, 9.17) is 4.42 Å². The first-order chi connectivity index (χ1) is 13.1. The first kappa shape index (κ1) is 17.8. The third-order valence-electron chi connectivity index (χ3n) is 5.52. The zero-order valence-electron chi connectivity index (χ0n) is 15.8. The molecule has 0 bridgehead atoms. The number of benzene rings is 1. The van der Waals surface area contributed by atoms with Crippen LogP contribution in [0.2, 0.25) is 0 Å². The van der Waals surface area contributed by atoms with Crippen molar-refractivity contribution in [1.82, 2.24) is 5.32 Å². The van der Waals surface area contributed by atoms with Crippen LogP contribution < -0.4 is 15.1 Å². The van der Waals surface area contributed by atoms with Gasteiger partial charge in [0.05, 0.1) is 23.7 Å². The molecule has 1 aromatic heterocycles. The van der Waals surface area contributed by atoms with E-state index in [0.29, 0.717) is 18.2 Å². The van der Waals surface area contributed by atoms with Crippen LogP contribution in [-0.2, 0) is 4.79 Å². The van der Waals surface area contributed by atoms with Crippen LogP contribution >= 0.6 is 0 Å². The molecule has 1 N–H and O–H groups in total. The Balaban J connectivity index is 1.77. The number of nitrogens with zero attached hydrogens (tertiary/aromatic N) is 2. The lowest BCUT2D eigenvalue weighted by atomic mass is 9.90. The summed E-state index contributed by atoms with van der Waals surface area (Å²) in [6.45, 7) is 5.98. The summed E-state index contributed by atoms with van der Waals surface area (Å²) in [5.74, 6) is 0.556. The number of fused-ring (bicyclic) bond motifs is 1. The van der Waals surface area contributed by atoms with E-state index in [0.717, 1.165) is 37.3 Å². The van der Waals surface area contributed by atoms with Crippen LogP contribution in [0, 0.1) is 0 Å². The van der Waals surface area contributed by atoms with Gasteiger partial charge in [0.25, 0.3) is 5.91 Å². The molecule has 6 heteroatoms. The van der Waals surface area contributed by atoms with E-state index in [1.54, 1.807) is 28.9 Å². The lowest BCUT2D eigenvalue weighted by molar-refractivity contribution is -0.117. The molecule has 1 fully saturated rings. The topological polar surface area (TPSA) is 65.8 Å². The summed E-state index contributed by atoms with van der Waals surface area (Å²) in [5.41, 5.74) is 2.78. The van der Waals surface area contributed by atoms with E-state index < -0.39 is 0 Å². The Labute approximate surface area is 159 Å². The average Bonchev–Trinajstić information content (AvgIpc) is 3.21. The molecule has 3 heterocycles. The minimum Gasteiger partial charge on any atom is -0.459 e. The fourth-order valence-electron chi connectivity index (χ4n) is 4.24.